The van der Waals surface area contributed by atoms with E-state index >= 15 is 0 Å². The van der Waals surface area contributed by atoms with Gasteiger partial charge in [-0.3, -0.25) is 4.90 Å². The number of rotatable bonds is 9. The van der Waals surface area contributed by atoms with Crippen molar-refractivity contribution >= 4 is 29.3 Å². The van der Waals surface area contributed by atoms with Crippen LogP contribution in [0.1, 0.15) is 37.3 Å². The summed E-state index contributed by atoms with van der Waals surface area (Å²) in [7, 11) is 0. The maximum atomic E-state index is 12.7. The van der Waals surface area contributed by atoms with Crippen LogP contribution in [0.15, 0.2) is 48.5 Å². The van der Waals surface area contributed by atoms with E-state index in [1.54, 1.807) is 4.90 Å². The molecule has 0 saturated carbocycles. The third-order valence-electron chi connectivity index (χ3n) is 4.18. The molecule has 2 aromatic carbocycles. The van der Waals surface area contributed by atoms with E-state index in [4.69, 9.17) is 33.7 Å². The molecule has 0 heterocycles. The highest BCUT2D eigenvalue weighted by Crippen LogP contribution is 2.16. The molecule has 2 aromatic rings. The number of amides is 1. The van der Waals surface area contributed by atoms with Gasteiger partial charge in [-0.25, -0.2) is 4.79 Å². The SMILES string of the molecule is CCCC[C@@H](N)COC(=O)N(Cc1ccc(Cl)cc1)Cc1ccc(Cl)cc1. The quantitative estimate of drug-likeness (QED) is 0.582. The van der Waals surface area contributed by atoms with Crippen molar-refractivity contribution in [1.82, 2.24) is 4.90 Å². The summed E-state index contributed by atoms with van der Waals surface area (Å²) in [6.45, 7) is 3.17. The van der Waals surface area contributed by atoms with Crippen LogP contribution in [0, 0.1) is 0 Å². The van der Waals surface area contributed by atoms with Crippen molar-refractivity contribution in [2.24, 2.45) is 5.73 Å². The zero-order valence-corrected chi connectivity index (χ0v) is 17.0. The van der Waals surface area contributed by atoms with Crippen LogP contribution < -0.4 is 5.73 Å². The molecule has 0 fully saturated rings. The third-order valence-corrected chi connectivity index (χ3v) is 4.68. The molecule has 0 saturated heterocycles. The Hall–Kier alpha value is -1.75. The predicted molar refractivity (Wildman–Crippen MR) is 111 cm³/mol. The topological polar surface area (TPSA) is 55.6 Å². The summed E-state index contributed by atoms with van der Waals surface area (Å²) in [5, 5.41) is 1.32. The van der Waals surface area contributed by atoms with Crippen molar-refractivity contribution in [2.45, 2.75) is 45.3 Å². The Kier molecular flexibility index (Phi) is 8.92. The molecule has 27 heavy (non-hydrogen) atoms. The van der Waals surface area contributed by atoms with E-state index in [1.807, 2.05) is 48.5 Å². The highest BCUT2D eigenvalue weighted by Gasteiger charge is 2.17. The van der Waals surface area contributed by atoms with Crippen molar-refractivity contribution in [3.05, 3.63) is 69.7 Å². The molecular weight excluding hydrogens is 383 g/mol. The number of hydrogen-bond acceptors (Lipinski definition) is 3. The lowest BCUT2D eigenvalue weighted by atomic mass is 10.1. The van der Waals surface area contributed by atoms with Crippen LogP contribution in [0.4, 0.5) is 4.79 Å². The van der Waals surface area contributed by atoms with Crippen LogP contribution in [-0.4, -0.2) is 23.6 Å². The fourth-order valence-corrected chi connectivity index (χ4v) is 2.88. The number of benzene rings is 2. The molecule has 0 spiro atoms. The van der Waals surface area contributed by atoms with Crippen molar-refractivity contribution in [1.29, 1.82) is 0 Å². The Balaban J connectivity index is 2.04. The number of ether oxygens (including phenoxy) is 1. The molecule has 1 atom stereocenters. The zero-order chi connectivity index (χ0) is 19.6. The minimum atomic E-state index is -0.383. The summed E-state index contributed by atoms with van der Waals surface area (Å²) in [5.74, 6) is 0. The molecule has 2 rings (SSSR count). The monoisotopic (exact) mass is 408 g/mol. The highest BCUT2D eigenvalue weighted by atomic mass is 35.5. The van der Waals surface area contributed by atoms with Gasteiger partial charge in [0.2, 0.25) is 0 Å². The van der Waals surface area contributed by atoms with Gasteiger partial charge < -0.3 is 10.5 Å². The lowest BCUT2D eigenvalue weighted by Crippen LogP contribution is -2.35. The number of carbonyl (C=O) groups excluding carboxylic acids is 1. The molecule has 0 bridgehead atoms. The summed E-state index contributed by atoms with van der Waals surface area (Å²) in [4.78, 5) is 14.3. The molecule has 0 aliphatic rings. The van der Waals surface area contributed by atoms with Crippen LogP contribution in [-0.2, 0) is 17.8 Å². The fourth-order valence-electron chi connectivity index (χ4n) is 2.62. The van der Waals surface area contributed by atoms with Crippen LogP contribution >= 0.6 is 23.2 Å². The van der Waals surface area contributed by atoms with Crippen molar-refractivity contribution in [3.8, 4) is 0 Å². The normalized spacial score (nSPS) is 11.9. The second-order valence-corrected chi connectivity index (χ2v) is 7.46. The molecular formula is C21H26Cl2N2O2. The molecule has 0 radical (unpaired) electrons. The smallest absolute Gasteiger partial charge is 0.410 e. The Labute approximate surface area is 171 Å². The van der Waals surface area contributed by atoms with Gasteiger partial charge in [-0.1, -0.05) is 67.2 Å². The zero-order valence-electron chi connectivity index (χ0n) is 15.5. The number of halogens is 2. The number of nitrogens with zero attached hydrogens (tertiary/aromatic N) is 1. The standard InChI is InChI=1S/C21H26Cl2N2O2/c1-2-3-4-20(24)15-27-21(26)25(13-16-5-9-18(22)10-6-16)14-17-7-11-19(23)12-8-17/h5-12,20H,2-4,13-15,24H2,1H3/t20-/m1/s1. The van der Waals surface area contributed by atoms with E-state index in [9.17, 15) is 4.79 Å². The molecule has 1 amide bonds. The van der Waals surface area contributed by atoms with Gasteiger partial charge in [-0.05, 0) is 41.8 Å². The van der Waals surface area contributed by atoms with Gasteiger partial charge >= 0.3 is 6.09 Å². The van der Waals surface area contributed by atoms with Crippen LogP contribution in [0.5, 0.6) is 0 Å². The predicted octanol–water partition coefficient (Wildman–Crippen LogP) is 5.65. The fraction of sp³-hybridized carbons (Fsp3) is 0.381. The van der Waals surface area contributed by atoms with Gasteiger partial charge in [0.1, 0.15) is 6.61 Å². The minimum absolute atomic E-state index is 0.137. The number of carbonyl (C=O) groups is 1. The lowest BCUT2D eigenvalue weighted by molar-refractivity contribution is 0.0907. The first-order chi connectivity index (χ1) is 13.0. The second kappa shape index (κ2) is 11.2. The van der Waals surface area contributed by atoms with Crippen molar-refractivity contribution in [3.63, 3.8) is 0 Å². The molecule has 0 aliphatic heterocycles. The van der Waals surface area contributed by atoms with Crippen LogP contribution in [0.25, 0.3) is 0 Å². The Morgan fingerprint density at radius 3 is 1.93 bits per heavy atom. The summed E-state index contributed by atoms with van der Waals surface area (Å²) >= 11 is 11.9. The van der Waals surface area contributed by atoms with E-state index in [2.05, 4.69) is 6.92 Å². The summed E-state index contributed by atoms with van der Waals surface area (Å²) < 4.78 is 5.46. The first kappa shape index (κ1) is 21.5. The van der Waals surface area contributed by atoms with E-state index in [0.717, 1.165) is 30.4 Å². The van der Waals surface area contributed by atoms with E-state index in [1.165, 1.54) is 0 Å². The van der Waals surface area contributed by atoms with E-state index < -0.39 is 0 Å². The molecule has 4 nitrogen and oxygen atoms in total. The van der Waals surface area contributed by atoms with Gasteiger partial charge in [-0.2, -0.15) is 0 Å². The van der Waals surface area contributed by atoms with Crippen LogP contribution in [0.3, 0.4) is 0 Å². The summed E-state index contributed by atoms with van der Waals surface area (Å²) in [6.07, 6.45) is 2.56. The van der Waals surface area contributed by atoms with Crippen molar-refractivity contribution < 1.29 is 9.53 Å². The molecule has 146 valence electrons. The van der Waals surface area contributed by atoms with Crippen LogP contribution in [0.2, 0.25) is 10.0 Å². The lowest BCUT2D eigenvalue weighted by Gasteiger charge is -2.23. The molecule has 0 aliphatic carbocycles. The number of nitrogens with two attached hydrogens (primary N) is 1. The van der Waals surface area contributed by atoms with Gasteiger partial charge in [0.25, 0.3) is 0 Å². The first-order valence-corrected chi connectivity index (χ1v) is 9.89. The molecule has 0 unspecified atom stereocenters. The summed E-state index contributed by atoms with van der Waals surface area (Å²) in [6, 6.07) is 14.7. The molecule has 0 aromatic heterocycles. The highest BCUT2D eigenvalue weighted by molar-refractivity contribution is 6.30. The molecule has 6 heteroatoms. The Morgan fingerprint density at radius 1 is 1.00 bits per heavy atom. The van der Waals surface area contributed by atoms with E-state index in [-0.39, 0.29) is 18.7 Å². The number of hydrogen-bond donors (Lipinski definition) is 1. The maximum absolute atomic E-state index is 12.7. The Morgan fingerprint density at radius 2 is 1.48 bits per heavy atom. The Bertz CT molecular complexity index is 658. The summed E-state index contributed by atoms with van der Waals surface area (Å²) in [5.41, 5.74) is 7.97. The first-order valence-electron chi connectivity index (χ1n) is 9.14. The average molecular weight is 409 g/mol. The second-order valence-electron chi connectivity index (χ2n) is 6.59. The molecule has 2 N–H and O–H groups in total. The number of unbranched alkanes of at least 4 members (excludes halogenated alkanes) is 1. The van der Waals surface area contributed by atoms with E-state index in [0.29, 0.717) is 23.1 Å². The van der Waals surface area contributed by atoms with Crippen molar-refractivity contribution in [2.75, 3.05) is 6.61 Å². The third kappa shape index (κ3) is 7.79. The maximum Gasteiger partial charge on any atom is 0.410 e. The minimum Gasteiger partial charge on any atom is -0.448 e. The largest absolute Gasteiger partial charge is 0.448 e. The average Bonchev–Trinajstić information content (AvgIpc) is 2.67. The van der Waals surface area contributed by atoms with Gasteiger partial charge in [0.05, 0.1) is 0 Å². The van der Waals surface area contributed by atoms with Gasteiger partial charge in [-0.15, -0.1) is 0 Å². The van der Waals surface area contributed by atoms with Gasteiger partial charge in [0.15, 0.2) is 0 Å². The van der Waals surface area contributed by atoms with Gasteiger partial charge in [0, 0.05) is 29.2 Å².